The summed E-state index contributed by atoms with van der Waals surface area (Å²) in [4.78, 5) is 36.9. The van der Waals surface area contributed by atoms with Crippen molar-refractivity contribution in [2.24, 2.45) is 11.8 Å². The van der Waals surface area contributed by atoms with Gasteiger partial charge in [-0.05, 0) is 29.8 Å². The summed E-state index contributed by atoms with van der Waals surface area (Å²) in [5.41, 5.74) is -1.34. The number of benzene rings is 1. The summed E-state index contributed by atoms with van der Waals surface area (Å²) in [6, 6.07) is 5.58. The van der Waals surface area contributed by atoms with E-state index in [1.807, 2.05) is 0 Å². The number of allylic oxidation sites excluding steroid dienone is 1. The largest absolute Gasteiger partial charge is 0.508 e. The van der Waals surface area contributed by atoms with Gasteiger partial charge >= 0.3 is 17.9 Å². The Labute approximate surface area is 239 Å². The lowest BCUT2D eigenvalue weighted by molar-refractivity contribution is -0.344. The highest BCUT2D eigenvalue weighted by atomic mass is 16.8. The Morgan fingerprint density at radius 3 is 2.45 bits per heavy atom. The number of esters is 3. The van der Waals surface area contributed by atoms with Crippen LogP contribution in [0.3, 0.4) is 0 Å². The summed E-state index contributed by atoms with van der Waals surface area (Å²) in [6.45, 7) is 0.694. The van der Waals surface area contributed by atoms with Crippen LogP contribution in [0, 0.1) is 11.8 Å². The second kappa shape index (κ2) is 11.5. The smallest absolute Gasteiger partial charge is 0.338 e. The van der Waals surface area contributed by atoms with Crippen molar-refractivity contribution in [1.29, 1.82) is 0 Å². The highest BCUT2D eigenvalue weighted by molar-refractivity contribution is 5.94. The van der Waals surface area contributed by atoms with Gasteiger partial charge in [0.2, 0.25) is 6.29 Å². The van der Waals surface area contributed by atoms with Gasteiger partial charge in [0.25, 0.3) is 0 Å². The third kappa shape index (κ3) is 5.28. The van der Waals surface area contributed by atoms with Gasteiger partial charge in [-0.1, -0.05) is 18.2 Å². The summed E-state index contributed by atoms with van der Waals surface area (Å²) in [5, 5.41) is 51.9. The Bertz CT molecular complexity index is 1320. The average molecular weight is 591 g/mol. The molecule has 10 atom stereocenters. The fraction of sp³-hybridized carbons (Fsp3) is 0.464. The topological polar surface area (TPSA) is 208 Å². The number of rotatable bonds is 7. The van der Waals surface area contributed by atoms with Crippen molar-refractivity contribution in [1.82, 2.24) is 0 Å². The molecule has 42 heavy (non-hydrogen) atoms. The molecule has 0 radical (unpaired) electrons. The minimum Gasteiger partial charge on any atom is -0.508 e. The van der Waals surface area contributed by atoms with Crippen molar-refractivity contribution >= 4 is 17.9 Å². The molecule has 10 unspecified atom stereocenters. The van der Waals surface area contributed by atoms with E-state index in [1.54, 1.807) is 6.08 Å². The zero-order valence-corrected chi connectivity index (χ0v) is 22.4. The molecule has 1 fully saturated rings. The molecule has 1 aromatic rings. The molecule has 14 nitrogen and oxygen atoms in total. The fourth-order valence-corrected chi connectivity index (χ4v) is 5.49. The van der Waals surface area contributed by atoms with Gasteiger partial charge in [0.15, 0.2) is 11.9 Å². The molecule has 1 spiro atoms. The second-order valence-corrected chi connectivity index (χ2v) is 10.3. The van der Waals surface area contributed by atoms with Crippen molar-refractivity contribution in [3.63, 3.8) is 0 Å². The maximum Gasteiger partial charge on any atom is 0.338 e. The highest BCUT2D eigenvalue weighted by Gasteiger charge is 2.60. The van der Waals surface area contributed by atoms with E-state index < -0.39 is 85.1 Å². The first kappa shape index (κ1) is 29.7. The SMILES string of the molecule is COC(=O)C1=COC(OC2OC(COC(C)=O)C(O)C(O)C2O)C2C1C=CC21C=C(C(O)c2ccc(O)cc2)C(=O)O1. The number of hydrogen-bond acceptors (Lipinski definition) is 14. The minimum atomic E-state index is -1.78. The predicted octanol–water partition coefficient (Wildman–Crippen LogP) is -0.750. The maximum atomic E-state index is 13.1. The maximum absolute atomic E-state index is 13.1. The van der Waals surface area contributed by atoms with Gasteiger partial charge in [-0.2, -0.15) is 0 Å². The Morgan fingerprint density at radius 2 is 1.79 bits per heavy atom. The normalized spacial score (nSPS) is 35.9. The number of fused-ring (bicyclic) bond motifs is 2. The van der Waals surface area contributed by atoms with Crippen LogP contribution in [0.1, 0.15) is 18.6 Å². The lowest BCUT2D eigenvalue weighted by Crippen LogP contribution is -2.61. The third-order valence-electron chi connectivity index (χ3n) is 7.65. The molecule has 5 rings (SSSR count). The van der Waals surface area contributed by atoms with Crippen molar-refractivity contribution in [2.75, 3.05) is 13.7 Å². The van der Waals surface area contributed by atoms with Crippen LogP contribution >= 0.6 is 0 Å². The predicted molar refractivity (Wildman–Crippen MR) is 135 cm³/mol. The summed E-state index contributed by atoms with van der Waals surface area (Å²) in [7, 11) is 1.18. The van der Waals surface area contributed by atoms with Crippen LogP contribution in [0.25, 0.3) is 0 Å². The molecule has 0 saturated carbocycles. The van der Waals surface area contributed by atoms with E-state index in [9.17, 15) is 39.9 Å². The molecule has 4 aliphatic rings. The van der Waals surface area contributed by atoms with E-state index in [0.717, 1.165) is 13.2 Å². The number of hydrogen-bond donors (Lipinski definition) is 5. The van der Waals surface area contributed by atoms with Crippen LogP contribution in [-0.2, 0) is 42.8 Å². The lowest BCUT2D eigenvalue weighted by atomic mass is 9.78. The molecule has 0 amide bonds. The summed E-state index contributed by atoms with van der Waals surface area (Å²) >= 11 is 0. The summed E-state index contributed by atoms with van der Waals surface area (Å²) < 4.78 is 32.8. The molecule has 0 aromatic heterocycles. The number of ether oxygens (including phenoxy) is 6. The van der Waals surface area contributed by atoms with E-state index in [1.165, 1.54) is 43.5 Å². The van der Waals surface area contributed by atoms with E-state index in [2.05, 4.69) is 0 Å². The zero-order valence-electron chi connectivity index (χ0n) is 22.4. The molecular weight excluding hydrogens is 560 g/mol. The van der Waals surface area contributed by atoms with Crippen LogP contribution in [-0.4, -0.2) is 99.8 Å². The van der Waals surface area contributed by atoms with Gasteiger partial charge in [-0.3, -0.25) is 4.79 Å². The molecule has 226 valence electrons. The number of carbonyl (C=O) groups excluding carboxylic acids is 3. The number of carbonyl (C=O) groups is 3. The molecule has 1 saturated heterocycles. The van der Waals surface area contributed by atoms with Gasteiger partial charge in [0.1, 0.15) is 42.9 Å². The van der Waals surface area contributed by atoms with E-state index in [0.29, 0.717) is 5.56 Å². The van der Waals surface area contributed by atoms with Gasteiger partial charge in [-0.15, -0.1) is 0 Å². The van der Waals surface area contributed by atoms with Gasteiger partial charge in [0, 0.05) is 12.8 Å². The van der Waals surface area contributed by atoms with E-state index >= 15 is 0 Å². The molecule has 5 N–H and O–H groups in total. The Hall–Kier alpha value is -3.79. The van der Waals surface area contributed by atoms with Crippen LogP contribution in [0.2, 0.25) is 0 Å². The van der Waals surface area contributed by atoms with Gasteiger partial charge in [-0.25, -0.2) is 9.59 Å². The lowest BCUT2D eigenvalue weighted by Gasteiger charge is -2.44. The van der Waals surface area contributed by atoms with Crippen LogP contribution in [0.4, 0.5) is 0 Å². The number of aliphatic hydroxyl groups excluding tert-OH is 4. The third-order valence-corrected chi connectivity index (χ3v) is 7.65. The van der Waals surface area contributed by atoms with Crippen LogP contribution in [0.15, 0.2) is 59.9 Å². The van der Waals surface area contributed by atoms with Crippen LogP contribution in [0.5, 0.6) is 5.75 Å². The monoisotopic (exact) mass is 590 g/mol. The first-order valence-electron chi connectivity index (χ1n) is 13.0. The first-order chi connectivity index (χ1) is 20.0. The molecule has 3 heterocycles. The van der Waals surface area contributed by atoms with Crippen molar-refractivity contribution in [3.8, 4) is 5.75 Å². The Kier molecular flexibility index (Phi) is 8.11. The Morgan fingerprint density at radius 1 is 1.07 bits per heavy atom. The summed E-state index contributed by atoms with van der Waals surface area (Å²) in [6.07, 6.45) is -5.27. The van der Waals surface area contributed by atoms with Gasteiger partial charge < -0.3 is 54.0 Å². The van der Waals surface area contributed by atoms with E-state index in [-0.39, 0.29) is 16.9 Å². The molecule has 1 aliphatic carbocycles. The standard InChI is InChI=1S/C28H30O14/c1-12(29)38-11-18-21(32)22(33)23(34)27(40-18)41-26-19-15(17(10-39-26)24(35)37-2)7-8-28(19)9-16(25(36)42-28)20(31)13-3-5-14(30)6-4-13/h3-10,15,18-23,26-27,30-34H,11H2,1-2H3. The molecule has 0 bridgehead atoms. The minimum absolute atomic E-state index is 0.0340. The summed E-state index contributed by atoms with van der Waals surface area (Å²) in [5.74, 6) is -4.09. The Balaban J connectivity index is 1.46. The molecule has 1 aromatic carbocycles. The van der Waals surface area contributed by atoms with Crippen molar-refractivity contribution in [2.45, 2.75) is 55.6 Å². The number of aromatic hydroxyl groups is 1. The number of phenols is 1. The quantitative estimate of drug-likeness (QED) is 0.150. The molecule has 3 aliphatic heterocycles. The number of phenolic OH excluding ortho intramolecular Hbond substituents is 1. The number of methoxy groups -OCH3 is 1. The molecule has 14 heteroatoms. The van der Waals surface area contributed by atoms with Gasteiger partial charge in [0.05, 0.1) is 30.4 Å². The molecular formula is C28H30O14. The van der Waals surface area contributed by atoms with Crippen molar-refractivity contribution in [3.05, 3.63) is 65.5 Å². The van der Waals surface area contributed by atoms with Crippen molar-refractivity contribution < 1.29 is 68.3 Å². The second-order valence-electron chi connectivity index (χ2n) is 10.3. The highest BCUT2D eigenvalue weighted by Crippen LogP contribution is 2.51. The first-order valence-corrected chi connectivity index (χ1v) is 13.0. The zero-order chi connectivity index (χ0) is 30.3. The van der Waals surface area contributed by atoms with Crippen LogP contribution < -0.4 is 0 Å². The fourth-order valence-electron chi connectivity index (χ4n) is 5.49. The van der Waals surface area contributed by atoms with E-state index in [4.69, 9.17) is 28.4 Å². The average Bonchev–Trinajstić information content (AvgIpc) is 3.51. The number of aliphatic hydroxyl groups is 4.